The van der Waals surface area contributed by atoms with Crippen molar-refractivity contribution < 1.29 is 14.3 Å². The summed E-state index contributed by atoms with van der Waals surface area (Å²) >= 11 is 0. The lowest BCUT2D eigenvalue weighted by Crippen LogP contribution is -2.29. The Hall–Kier alpha value is -2.64. The van der Waals surface area contributed by atoms with Gasteiger partial charge in [0.15, 0.2) is 5.65 Å². The number of hydrogen-bond donors (Lipinski definition) is 2. The Morgan fingerprint density at radius 3 is 2.68 bits per heavy atom. The standard InChI is InChI=1S/C14H18N4O4/c1-5-22-13(21)18-7-6-8-9(18)15-12(16-10(8)19)17-11(20)14(2,3)4/h6-7H,5H2,1-4H3,(H2,15,16,17,19,20). The molecule has 2 rings (SSSR count). The van der Waals surface area contributed by atoms with Gasteiger partial charge in [0.05, 0.1) is 12.0 Å². The van der Waals surface area contributed by atoms with Crippen LogP contribution in [0.1, 0.15) is 27.7 Å². The highest BCUT2D eigenvalue weighted by molar-refractivity contribution is 5.94. The van der Waals surface area contributed by atoms with Gasteiger partial charge in [-0.15, -0.1) is 0 Å². The summed E-state index contributed by atoms with van der Waals surface area (Å²) in [7, 11) is 0. The molecule has 8 heteroatoms. The van der Waals surface area contributed by atoms with Crippen molar-refractivity contribution in [3.8, 4) is 0 Å². The van der Waals surface area contributed by atoms with Crippen LogP contribution in [-0.4, -0.2) is 33.1 Å². The predicted molar refractivity (Wildman–Crippen MR) is 80.9 cm³/mol. The van der Waals surface area contributed by atoms with E-state index in [2.05, 4.69) is 15.3 Å². The Bertz CT molecular complexity index is 782. The molecule has 22 heavy (non-hydrogen) atoms. The third-order valence-electron chi connectivity index (χ3n) is 2.93. The molecule has 1 amide bonds. The Labute approximate surface area is 126 Å². The normalized spacial score (nSPS) is 11.5. The van der Waals surface area contributed by atoms with Gasteiger partial charge in [-0.3, -0.25) is 19.9 Å². The fourth-order valence-corrected chi connectivity index (χ4v) is 1.72. The van der Waals surface area contributed by atoms with Crippen LogP contribution in [0.25, 0.3) is 11.0 Å². The fourth-order valence-electron chi connectivity index (χ4n) is 1.72. The molecular formula is C14H18N4O4. The van der Waals surface area contributed by atoms with Gasteiger partial charge in [0.25, 0.3) is 5.56 Å². The first-order valence-electron chi connectivity index (χ1n) is 6.84. The van der Waals surface area contributed by atoms with Gasteiger partial charge in [-0.2, -0.15) is 4.98 Å². The second-order valence-corrected chi connectivity index (χ2v) is 5.74. The number of aromatic amines is 1. The molecule has 0 aromatic carbocycles. The van der Waals surface area contributed by atoms with Crippen LogP contribution >= 0.6 is 0 Å². The summed E-state index contributed by atoms with van der Waals surface area (Å²) in [6.45, 7) is 7.09. The van der Waals surface area contributed by atoms with Gasteiger partial charge < -0.3 is 4.74 Å². The number of aromatic nitrogens is 3. The van der Waals surface area contributed by atoms with E-state index in [4.69, 9.17) is 4.74 Å². The van der Waals surface area contributed by atoms with Gasteiger partial charge >= 0.3 is 6.09 Å². The lowest BCUT2D eigenvalue weighted by Gasteiger charge is -2.16. The van der Waals surface area contributed by atoms with E-state index in [1.54, 1.807) is 27.7 Å². The number of carbonyl (C=O) groups is 2. The summed E-state index contributed by atoms with van der Waals surface area (Å²) < 4.78 is 6.02. The highest BCUT2D eigenvalue weighted by Gasteiger charge is 2.23. The number of H-pyrrole nitrogens is 1. The molecule has 0 aliphatic carbocycles. The molecule has 8 nitrogen and oxygen atoms in total. The average molecular weight is 306 g/mol. The Kier molecular flexibility index (Phi) is 4.03. The summed E-state index contributed by atoms with van der Waals surface area (Å²) in [4.78, 5) is 42.4. The van der Waals surface area contributed by atoms with Crippen molar-refractivity contribution in [1.29, 1.82) is 0 Å². The zero-order valence-electron chi connectivity index (χ0n) is 12.9. The van der Waals surface area contributed by atoms with E-state index in [0.717, 1.165) is 4.57 Å². The predicted octanol–water partition coefficient (Wildman–Crippen LogP) is 1.71. The first kappa shape index (κ1) is 15.7. The van der Waals surface area contributed by atoms with Crippen LogP contribution in [0.15, 0.2) is 17.1 Å². The molecule has 0 unspecified atom stereocenters. The number of ether oxygens (including phenoxy) is 1. The molecule has 2 aromatic heterocycles. The lowest BCUT2D eigenvalue weighted by atomic mass is 9.96. The first-order chi connectivity index (χ1) is 10.2. The van der Waals surface area contributed by atoms with Crippen molar-refractivity contribution >= 4 is 29.0 Å². The maximum Gasteiger partial charge on any atom is 0.419 e. The summed E-state index contributed by atoms with van der Waals surface area (Å²) in [5.74, 6) is -0.314. The van der Waals surface area contributed by atoms with Crippen LogP contribution in [0.5, 0.6) is 0 Å². The van der Waals surface area contributed by atoms with E-state index in [9.17, 15) is 14.4 Å². The molecule has 0 fully saturated rings. The number of nitrogens with one attached hydrogen (secondary N) is 2. The summed E-state index contributed by atoms with van der Waals surface area (Å²) in [6, 6.07) is 1.47. The van der Waals surface area contributed by atoms with Crippen LogP contribution in [0, 0.1) is 5.41 Å². The van der Waals surface area contributed by atoms with E-state index in [0.29, 0.717) is 0 Å². The molecule has 0 bridgehead atoms. The fraction of sp³-hybridized carbons (Fsp3) is 0.429. The maximum absolute atomic E-state index is 12.0. The van der Waals surface area contributed by atoms with Gasteiger partial charge in [0, 0.05) is 11.6 Å². The molecule has 0 radical (unpaired) electrons. The smallest absolute Gasteiger partial charge is 0.419 e. The van der Waals surface area contributed by atoms with Gasteiger partial charge in [-0.25, -0.2) is 9.36 Å². The van der Waals surface area contributed by atoms with E-state index < -0.39 is 17.1 Å². The van der Waals surface area contributed by atoms with E-state index in [1.165, 1.54) is 12.3 Å². The van der Waals surface area contributed by atoms with E-state index in [1.807, 2.05) is 0 Å². The average Bonchev–Trinajstić information content (AvgIpc) is 2.82. The Morgan fingerprint density at radius 2 is 2.09 bits per heavy atom. The van der Waals surface area contributed by atoms with Crippen LogP contribution in [-0.2, 0) is 9.53 Å². The Balaban J connectivity index is 2.47. The van der Waals surface area contributed by atoms with Crippen LogP contribution in [0.2, 0.25) is 0 Å². The second-order valence-electron chi connectivity index (χ2n) is 5.74. The molecule has 0 saturated heterocycles. The van der Waals surface area contributed by atoms with Crippen molar-refractivity contribution in [1.82, 2.24) is 14.5 Å². The van der Waals surface area contributed by atoms with Gasteiger partial charge in [-0.05, 0) is 13.0 Å². The lowest BCUT2D eigenvalue weighted by molar-refractivity contribution is -0.123. The quantitative estimate of drug-likeness (QED) is 0.878. The summed E-state index contributed by atoms with van der Waals surface area (Å²) in [5, 5.41) is 2.77. The molecule has 2 aromatic rings. The van der Waals surface area contributed by atoms with Gasteiger partial charge in [0.1, 0.15) is 0 Å². The SMILES string of the molecule is CCOC(=O)n1ccc2c(=O)[nH]c(NC(=O)C(C)(C)C)nc21. The van der Waals surface area contributed by atoms with Crippen molar-refractivity contribution in [3.63, 3.8) is 0 Å². The van der Waals surface area contributed by atoms with E-state index in [-0.39, 0.29) is 29.5 Å². The highest BCUT2D eigenvalue weighted by Crippen LogP contribution is 2.16. The van der Waals surface area contributed by atoms with E-state index >= 15 is 0 Å². The molecule has 2 N–H and O–H groups in total. The van der Waals surface area contributed by atoms with Crippen molar-refractivity contribution in [2.45, 2.75) is 27.7 Å². The second kappa shape index (κ2) is 5.63. The summed E-state index contributed by atoms with van der Waals surface area (Å²) in [6.07, 6.45) is 0.768. The number of hydrogen-bond acceptors (Lipinski definition) is 5. The van der Waals surface area contributed by atoms with Crippen molar-refractivity contribution in [3.05, 3.63) is 22.6 Å². The van der Waals surface area contributed by atoms with Crippen LogP contribution < -0.4 is 10.9 Å². The third-order valence-corrected chi connectivity index (χ3v) is 2.93. The number of carbonyl (C=O) groups excluding carboxylic acids is 2. The maximum atomic E-state index is 12.0. The van der Waals surface area contributed by atoms with Crippen molar-refractivity contribution in [2.75, 3.05) is 11.9 Å². The minimum absolute atomic E-state index is 0.0123. The molecule has 2 heterocycles. The largest absolute Gasteiger partial charge is 0.449 e. The monoisotopic (exact) mass is 306 g/mol. The number of nitrogens with zero attached hydrogens (tertiary/aromatic N) is 2. The zero-order chi connectivity index (χ0) is 16.5. The minimum atomic E-state index is -0.642. The van der Waals surface area contributed by atoms with Crippen molar-refractivity contribution in [2.24, 2.45) is 5.41 Å². The molecular weight excluding hydrogens is 288 g/mol. The number of rotatable bonds is 2. The zero-order valence-corrected chi connectivity index (χ0v) is 12.9. The number of fused-ring (bicyclic) bond motifs is 1. The molecule has 0 aliphatic rings. The Morgan fingerprint density at radius 1 is 1.41 bits per heavy atom. The third kappa shape index (κ3) is 3.00. The molecule has 0 saturated carbocycles. The number of amides is 1. The molecule has 0 spiro atoms. The number of anilines is 1. The summed E-state index contributed by atoms with van der Waals surface area (Å²) in [5.41, 5.74) is -0.958. The van der Waals surface area contributed by atoms with Crippen LogP contribution in [0.4, 0.5) is 10.7 Å². The van der Waals surface area contributed by atoms with Gasteiger partial charge in [0.2, 0.25) is 11.9 Å². The molecule has 0 aliphatic heterocycles. The highest BCUT2D eigenvalue weighted by atomic mass is 16.5. The van der Waals surface area contributed by atoms with Gasteiger partial charge in [-0.1, -0.05) is 20.8 Å². The molecule has 118 valence electrons. The van der Waals surface area contributed by atoms with Crippen LogP contribution in [0.3, 0.4) is 0 Å². The molecule has 0 atom stereocenters. The minimum Gasteiger partial charge on any atom is -0.449 e. The first-order valence-corrected chi connectivity index (χ1v) is 6.84. The topological polar surface area (TPSA) is 106 Å².